The van der Waals surface area contributed by atoms with Gasteiger partial charge in [0, 0.05) is 0 Å². The smallest absolute Gasteiger partial charge is 0.0584 e. The first kappa shape index (κ1) is 9.21. The van der Waals surface area contributed by atoms with Gasteiger partial charge in [0.1, 0.15) is 0 Å². The van der Waals surface area contributed by atoms with Crippen LogP contribution in [0.15, 0.2) is 0 Å². The highest BCUT2D eigenvalue weighted by Crippen LogP contribution is 2.59. The summed E-state index contributed by atoms with van der Waals surface area (Å²) in [6.45, 7) is 4.34. The van der Waals surface area contributed by atoms with Crippen molar-refractivity contribution in [1.82, 2.24) is 0 Å². The lowest BCUT2D eigenvalue weighted by atomic mass is 9.82. The molecular weight excluding hydrogens is 172 g/mol. The van der Waals surface area contributed by atoms with Crippen molar-refractivity contribution in [3.05, 3.63) is 0 Å². The highest BCUT2D eigenvalue weighted by Gasteiger charge is 2.52. The molecule has 0 N–H and O–H groups in total. The van der Waals surface area contributed by atoms with Crippen molar-refractivity contribution in [2.75, 3.05) is 0 Å². The number of hydrogen-bond acceptors (Lipinski definition) is 1. The minimum absolute atomic E-state index is 0.427. The van der Waals surface area contributed by atoms with Crippen LogP contribution in [0.25, 0.3) is 0 Å². The van der Waals surface area contributed by atoms with Crippen molar-refractivity contribution >= 4 is 0 Å². The van der Waals surface area contributed by atoms with E-state index in [1.165, 1.54) is 25.7 Å². The van der Waals surface area contributed by atoms with Gasteiger partial charge in [0.15, 0.2) is 0 Å². The molecule has 0 amide bonds. The Morgan fingerprint density at radius 3 is 2.00 bits per heavy atom. The molecule has 0 aromatic heterocycles. The zero-order chi connectivity index (χ0) is 9.71. The van der Waals surface area contributed by atoms with E-state index in [1.54, 1.807) is 6.42 Å². The lowest BCUT2D eigenvalue weighted by molar-refractivity contribution is 0.00627. The molecule has 3 saturated carbocycles. The van der Waals surface area contributed by atoms with Crippen LogP contribution < -0.4 is 0 Å². The Bertz CT molecular complexity index is 205. The SMILES string of the molecule is CC(C)OC1CC2C3CCC(C3)C2C1. The van der Waals surface area contributed by atoms with Crippen molar-refractivity contribution in [2.45, 2.75) is 58.2 Å². The zero-order valence-electron chi connectivity index (χ0n) is 9.41. The van der Waals surface area contributed by atoms with Crippen molar-refractivity contribution in [1.29, 1.82) is 0 Å². The van der Waals surface area contributed by atoms with Crippen LogP contribution in [0.3, 0.4) is 0 Å². The lowest BCUT2D eigenvalue weighted by Gasteiger charge is -2.23. The van der Waals surface area contributed by atoms with E-state index in [-0.39, 0.29) is 0 Å². The molecule has 0 aromatic carbocycles. The molecule has 4 atom stereocenters. The Hall–Kier alpha value is -0.0400. The van der Waals surface area contributed by atoms with Gasteiger partial charge in [0.2, 0.25) is 0 Å². The molecule has 0 aliphatic heterocycles. The van der Waals surface area contributed by atoms with Gasteiger partial charge in [-0.3, -0.25) is 0 Å². The van der Waals surface area contributed by atoms with Crippen LogP contribution in [-0.2, 0) is 4.74 Å². The minimum Gasteiger partial charge on any atom is -0.376 e. The molecule has 0 saturated heterocycles. The molecule has 0 aromatic rings. The van der Waals surface area contributed by atoms with Gasteiger partial charge in [0.05, 0.1) is 12.2 Å². The maximum absolute atomic E-state index is 5.97. The predicted molar refractivity (Wildman–Crippen MR) is 57.1 cm³/mol. The number of rotatable bonds is 2. The summed E-state index contributed by atoms with van der Waals surface area (Å²) in [6.07, 6.45) is 8.41. The molecule has 3 rings (SSSR count). The molecule has 3 aliphatic rings. The quantitative estimate of drug-likeness (QED) is 0.655. The van der Waals surface area contributed by atoms with E-state index in [2.05, 4.69) is 13.8 Å². The molecule has 3 fully saturated rings. The standard InChI is InChI=1S/C13H22O/c1-8(2)14-11-6-12-9-3-4-10(5-9)13(12)7-11/h8-13H,3-7H2,1-2H3. The van der Waals surface area contributed by atoms with E-state index >= 15 is 0 Å². The summed E-state index contributed by atoms with van der Waals surface area (Å²) in [6, 6.07) is 0. The molecule has 0 spiro atoms. The second-order valence-corrected chi connectivity index (χ2v) is 5.94. The fraction of sp³-hybridized carbons (Fsp3) is 1.00. The molecule has 3 aliphatic carbocycles. The summed E-state index contributed by atoms with van der Waals surface area (Å²) in [5, 5.41) is 0. The Kier molecular flexibility index (Phi) is 2.12. The van der Waals surface area contributed by atoms with E-state index in [4.69, 9.17) is 4.74 Å². The van der Waals surface area contributed by atoms with Crippen molar-refractivity contribution in [2.24, 2.45) is 23.7 Å². The van der Waals surface area contributed by atoms with Crippen LogP contribution in [0.4, 0.5) is 0 Å². The molecule has 1 heteroatoms. The third-order valence-electron chi connectivity index (χ3n) is 4.81. The van der Waals surface area contributed by atoms with E-state index in [0.29, 0.717) is 12.2 Å². The third kappa shape index (κ3) is 1.32. The number of hydrogen-bond donors (Lipinski definition) is 0. The highest BCUT2D eigenvalue weighted by molar-refractivity contribution is 5.01. The van der Waals surface area contributed by atoms with Gasteiger partial charge in [-0.25, -0.2) is 0 Å². The third-order valence-corrected chi connectivity index (χ3v) is 4.81. The largest absolute Gasteiger partial charge is 0.376 e. The van der Waals surface area contributed by atoms with E-state index in [0.717, 1.165) is 23.7 Å². The Balaban J connectivity index is 1.65. The molecule has 14 heavy (non-hydrogen) atoms. The molecular formula is C13H22O. The fourth-order valence-electron chi connectivity index (χ4n) is 4.46. The average molecular weight is 194 g/mol. The molecule has 2 bridgehead atoms. The molecule has 0 heterocycles. The van der Waals surface area contributed by atoms with Crippen molar-refractivity contribution in [3.63, 3.8) is 0 Å². The van der Waals surface area contributed by atoms with Crippen LogP contribution in [-0.4, -0.2) is 12.2 Å². The molecule has 80 valence electrons. The normalized spacial score (nSPS) is 50.4. The maximum Gasteiger partial charge on any atom is 0.0584 e. The summed E-state index contributed by atoms with van der Waals surface area (Å²) < 4.78 is 5.97. The Morgan fingerprint density at radius 2 is 1.50 bits per heavy atom. The van der Waals surface area contributed by atoms with Gasteiger partial charge in [-0.1, -0.05) is 0 Å². The molecule has 4 unspecified atom stereocenters. The minimum atomic E-state index is 0.427. The monoisotopic (exact) mass is 194 g/mol. The van der Waals surface area contributed by atoms with Gasteiger partial charge in [-0.2, -0.15) is 0 Å². The summed E-state index contributed by atoms with van der Waals surface area (Å²) in [7, 11) is 0. The first-order valence-electron chi connectivity index (χ1n) is 6.39. The van der Waals surface area contributed by atoms with Crippen LogP contribution in [0.5, 0.6) is 0 Å². The van der Waals surface area contributed by atoms with Crippen LogP contribution in [0, 0.1) is 23.7 Å². The van der Waals surface area contributed by atoms with Gasteiger partial charge in [0.25, 0.3) is 0 Å². The summed E-state index contributed by atoms with van der Waals surface area (Å²) in [5.41, 5.74) is 0. The first-order valence-corrected chi connectivity index (χ1v) is 6.39. The lowest BCUT2D eigenvalue weighted by Crippen LogP contribution is -2.15. The Morgan fingerprint density at radius 1 is 0.929 bits per heavy atom. The number of ether oxygens (including phenoxy) is 1. The van der Waals surface area contributed by atoms with Gasteiger partial charge < -0.3 is 4.74 Å². The fourth-order valence-corrected chi connectivity index (χ4v) is 4.46. The van der Waals surface area contributed by atoms with E-state index in [1.807, 2.05) is 0 Å². The van der Waals surface area contributed by atoms with E-state index in [9.17, 15) is 0 Å². The second kappa shape index (κ2) is 3.23. The van der Waals surface area contributed by atoms with Gasteiger partial charge >= 0.3 is 0 Å². The summed E-state index contributed by atoms with van der Waals surface area (Å²) in [4.78, 5) is 0. The zero-order valence-corrected chi connectivity index (χ0v) is 9.41. The summed E-state index contributed by atoms with van der Waals surface area (Å²) >= 11 is 0. The molecule has 0 radical (unpaired) electrons. The summed E-state index contributed by atoms with van der Waals surface area (Å²) in [5.74, 6) is 4.28. The maximum atomic E-state index is 5.97. The predicted octanol–water partition coefficient (Wildman–Crippen LogP) is 3.24. The topological polar surface area (TPSA) is 9.23 Å². The highest BCUT2D eigenvalue weighted by atomic mass is 16.5. The van der Waals surface area contributed by atoms with Crippen LogP contribution in [0.1, 0.15) is 46.0 Å². The van der Waals surface area contributed by atoms with E-state index < -0.39 is 0 Å². The average Bonchev–Trinajstić information content (AvgIpc) is 2.69. The van der Waals surface area contributed by atoms with Crippen molar-refractivity contribution < 1.29 is 4.74 Å². The van der Waals surface area contributed by atoms with Crippen LogP contribution in [0.2, 0.25) is 0 Å². The first-order chi connectivity index (χ1) is 6.74. The molecule has 1 nitrogen and oxygen atoms in total. The van der Waals surface area contributed by atoms with Crippen molar-refractivity contribution in [3.8, 4) is 0 Å². The second-order valence-electron chi connectivity index (χ2n) is 5.94. The van der Waals surface area contributed by atoms with Gasteiger partial charge in [-0.05, 0) is 69.6 Å². The van der Waals surface area contributed by atoms with Crippen LogP contribution >= 0.6 is 0 Å². The number of fused-ring (bicyclic) bond motifs is 5. The Labute approximate surface area is 87.2 Å². The van der Waals surface area contributed by atoms with Gasteiger partial charge in [-0.15, -0.1) is 0 Å².